The molecule has 1 heterocycles. The number of nitrogens with zero attached hydrogens (tertiary/aromatic N) is 4. The molecule has 1 aliphatic rings. The lowest BCUT2D eigenvalue weighted by molar-refractivity contribution is 0.130. The van der Waals surface area contributed by atoms with E-state index in [-0.39, 0.29) is 0 Å². The molecule has 7 heteroatoms. The largest absolute Gasteiger partial charge is 0.453 e. The lowest BCUT2D eigenvalue weighted by Crippen LogP contribution is -2.49. The van der Waals surface area contributed by atoms with Gasteiger partial charge in [-0.05, 0) is 54.2 Å². The van der Waals surface area contributed by atoms with E-state index >= 15 is 0 Å². The van der Waals surface area contributed by atoms with E-state index in [9.17, 15) is 4.79 Å². The summed E-state index contributed by atoms with van der Waals surface area (Å²) >= 11 is 0. The van der Waals surface area contributed by atoms with Gasteiger partial charge in [0.2, 0.25) is 0 Å². The first-order valence-corrected chi connectivity index (χ1v) is 7.85. The fourth-order valence-corrected chi connectivity index (χ4v) is 3.13. The summed E-state index contributed by atoms with van der Waals surface area (Å²) in [7, 11) is 1.37. The molecule has 0 saturated heterocycles. The number of para-hydroxylation sites is 1. The fourth-order valence-electron chi connectivity index (χ4n) is 3.13. The monoisotopic (exact) mass is 315 g/mol. The Hall–Kier alpha value is -2.44. The zero-order valence-corrected chi connectivity index (χ0v) is 13.4. The second-order valence-corrected chi connectivity index (χ2v) is 6.13. The molecule has 3 rings (SSSR count). The number of benzene rings is 1. The van der Waals surface area contributed by atoms with Gasteiger partial charge in [-0.3, -0.25) is 0 Å². The molecule has 0 radical (unpaired) electrons. The van der Waals surface area contributed by atoms with Crippen molar-refractivity contribution in [2.24, 2.45) is 5.92 Å². The minimum Gasteiger partial charge on any atom is -0.453 e. The van der Waals surface area contributed by atoms with Crippen molar-refractivity contribution >= 4 is 6.09 Å². The Morgan fingerprint density at radius 2 is 2.00 bits per heavy atom. The third-order valence-electron chi connectivity index (χ3n) is 4.55. The van der Waals surface area contributed by atoms with E-state index < -0.39 is 11.6 Å². The third kappa shape index (κ3) is 3.04. The number of amides is 1. The number of nitrogens with one attached hydrogen (secondary N) is 1. The van der Waals surface area contributed by atoms with E-state index in [1.165, 1.54) is 7.11 Å². The first-order chi connectivity index (χ1) is 11.1. The quantitative estimate of drug-likeness (QED) is 0.940. The number of ether oxygens (including phenoxy) is 1. The fraction of sp³-hybridized carbons (Fsp3) is 0.500. The highest BCUT2D eigenvalue weighted by molar-refractivity contribution is 5.68. The summed E-state index contributed by atoms with van der Waals surface area (Å²) in [5, 5.41) is 15.2. The highest BCUT2D eigenvalue weighted by atomic mass is 16.5. The van der Waals surface area contributed by atoms with Gasteiger partial charge in [-0.2, -0.15) is 4.68 Å². The Morgan fingerprint density at radius 1 is 1.30 bits per heavy atom. The second-order valence-electron chi connectivity index (χ2n) is 6.13. The van der Waals surface area contributed by atoms with Crippen molar-refractivity contribution in [3.05, 3.63) is 36.2 Å². The smallest absolute Gasteiger partial charge is 0.407 e. The molecule has 1 saturated carbocycles. The number of hydrogen-bond donors (Lipinski definition) is 1. The van der Waals surface area contributed by atoms with Crippen LogP contribution >= 0.6 is 0 Å². The first kappa shape index (κ1) is 15.5. The van der Waals surface area contributed by atoms with Gasteiger partial charge in [-0.15, -0.1) is 5.10 Å². The Labute approximate surface area is 135 Å². The molecule has 1 aliphatic carbocycles. The predicted molar refractivity (Wildman–Crippen MR) is 84.0 cm³/mol. The molecular formula is C16H21N5O2. The molecule has 0 aliphatic heterocycles. The number of carbonyl (C=O) groups is 1. The number of tetrazole rings is 1. The summed E-state index contributed by atoms with van der Waals surface area (Å²) in [6, 6.07) is 9.70. The zero-order valence-electron chi connectivity index (χ0n) is 13.4. The SMILES string of the molecule is COC(=O)NC1(c2nnnn2-c2ccccc2)CCC(C)CC1. The van der Waals surface area contributed by atoms with Crippen LogP contribution in [0.1, 0.15) is 38.4 Å². The summed E-state index contributed by atoms with van der Waals surface area (Å²) in [6.07, 6.45) is 3.13. The molecule has 0 spiro atoms. The van der Waals surface area contributed by atoms with E-state index in [4.69, 9.17) is 4.74 Å². The zero-order chi connectivity index (χ0) is 16.3. The van der Waals surface area contributed by atoms with Crippen LogP contribution in [-0.4, -0.2) is 33.4 Å². The molecule has 1 N–H and O–H groups in total. The van der Waals surface area contributed by atoms with Gasteiger partial charge in [-0.1, -0.05) is 25.1 Å². The van der Waals surface area contributed by atoms with Crippen molar-refractivity contribution in [1.82, 2.24) is 25.5 Å². The highest BCUT2D eigenvalue weighted by Crippen LogP contribution is 2.39. The van der Waals surface area contributed by atoms with E-state index in [0.717, 1.165) is 31.4 Å². The molecule has 0 unspecified atom stereocenters. The van der Waals surface area contributed by atoms with Crippen LogP contribution in [0.2, 0.25) is 0 Å². The van der Waals surface area contributed by atoms with Gasteiger partial charge >= 0.3 is 6.09 Å². The standard InChI is InChI=1S/C16H21N5O2/c1-12-8-10-16(11-9-12,17-15(22)23-2)14-18-19-20-21(14)13-6-4-3-5-7-13/h3-7,12H,8-11H2,1-2H3,(H,17,22). The van der Waals surface area contributed by atoms with Crippen LogP contribution in [0, 0.1) is 5.92 Å². The average Bonchev–Trinajstić information content (AvgIpc) is 3.08. The van der Waals surface area contributed by atoms with Crippen LogP contribution in [0.15, 0.2) is 30.3 Å². The molecule has 1 amide bonds. The van der Waals surface area contributed by atoms with Gasteiger partial charge in [0.05, 0.1) is 12.8 Å². The maximum Gasteiger partial charge on any atom is 0.407 e. The molecular weight excluding hydrogens is 294 g/mol. The maximum atomic E-state index is 11.9. The van der Waals surface area contributed by atoms with Gasteiger partial charge in [-0.25, -0.2) is 4.79 Å². The molecule has 122 valence electrons. The van der Waals surface area contributed by atoms with Crippen LogP contribution in [0.3, 0.4) is 0 Å². The Bertz CT molecular complexity index is 662. The van der Waals surface area contributed by atoms with Crippen LogP contribution in [0.5, 0.6) is 0 Å². The first-order valence-electron chi connectivity index (χ1n) is 7.85. The van der Waals surface area contributed by atoms with Crippen LogP contribution in [0.4, 0.5) is 4.79 Å². The summed E-state index contributed by atoms with van der Waals surface area (Å²) in [5.74, 6) is 1.28. The van der Waals surface area contributed by atoms with Crippen LogP contribution < -0.4 is 5.32 Å². The normalized spacial score (nSPS) is 24.2. The summed E-state index contributed by atoms with van der Waals surface area (Å²) in [5.41, 5.74) is 0.274. The van der Waals surface area contributed by atoms with Crippen molar-refractivity contribution in [1.29, 1.82) is 0 Å². The van der Waals surface area contributed by atoms with E-state index in [1.54, 1.807) is 4.68 Å². The maximum absolute atomic E-state index is 11.9. The number of alkyl carbamates (subject to hydrolysis) is 1. The van der Waals surface area contributed by atoms with Crippen molar-refractivity contribution in [2.45, 2.75) is 38.1 Å². The number of rotatable bonds is 3. The van der Waals surface area contributed by atoms with E-state index in [2.05, 4.69) is 27.8 Å². The average molecular weight is 315 g/mol. The summed E-state index contributed by atoms with van der Waals surface area (Å²) in [6.45, 7) is 2.22. The highest BCUT2D eigenvalue weighted by Gasteiger charge is 2.42. The van der Waals surface area contributed by atoms with Crippen LogP contribution in [-0.2, 0) is 10.3 Å². The topological polar surface area (TPSA) is 81.9 Å². The third-order valence-corrected chi connectivity index (χ3v) is 4.55. The number of aromatic nitrogens is 4. The van der Waals surface area contributed by atoms with Crippen molar-refractivity contribution in [2.75, 3.05) is 7.11 Å². The minimum atomic E-state index is -0.598. The van der Waals surface area contributed by atoms with Crippen molar-refractivity contribution in [3.8, 4) is 5.69 Å². The predicted octanol–water partition coefficient (Wildman–Crippen LogP) is 2.42. The van der Waals surface area contributed by atoms with E-state index in [1.807, 2.05) is 30.3 Å². The summed E-state index contributed by atoms with van der Waals surface area (Å²) in [4.78, 5) is 11.9. The van der Waals surface area contributed by atoms with Crippen molar-refractivity contribution < 1.29 is 9.53 Å². The van der Waals surface area contributed by atoms with Gasteiger partial charge < -0.3 is 10.1 Å². The number of hydrogen-bond acceptors (Lipinski definition) is 5. The second kappa shape index (κ2) is 6.36. The minimum absolute atomic E-state index is 0.456. The van der Waals surface area contributed by atoms with Gasteiger partial charge in [0.25, 0.3) is 0 Å². The number of methoxy groups -OCH3 is 1. The molecule has 1 aromatic carbocycles. The van der Waals surface area contributed by atoms with E-state index in [0.29, 0.717) is 11.7 Å². The molecule has 23 heavy (non-hydrogen) atoms. The molecule has 1 aromatic heterocycles. The van der Waals surface area contributed by atoms with Gasteiger partial charge in [0.1, 0.15) is 5.54 Å². The summed E-state index contributed by atoms with van der Waals surface area (Å²) < 4.78 is 6.52. The Morgan fingerprint density at radius 3 is 2.65 bits per heavy atom. The van der Waals surface area contributed by atoms with Gasteiger partial charge in [0.15, 0.2) is 5.82 Å². The molecule has 2 aromatic rings. The molecule has 1 fully saturated rings. The van der Waals surface area contributed by atoms with Crippen molar-refractivity contribution in [3.63, 3.8) is 0 Å². The lowest BCUT2D eigenvalue weighted by Gasteiger charge is -2.38. The molecule has 0 bridgehead atoms. The van der Waals surface area contributed by atoms with Crippen LogP contribution in [0.25, 0.3) is 5.69 Å². The Balaban J connectivity index is 2.01. The van der Waals surface area contributed by atoms with Gasteiger partial charge in [0, 0.05) is 0 Å². The Kier molecular flexibility index (Phi) is 4.27. The molecule has 0 atom stereocenters. The number of carbonyl (C=O) groups excluding carboxylic acids is 1. The molecule has 7 nitrogen and oxygen atoms in total. The lowest BCUT2D eigenvalue weighted by atomic mass is 9.76.